The first-order chi connectivity index (χ1) is 8.41. The van der Waals surface area contributed by atoms with Crippen molar-refractivity contribution in [2.45, 2.75) is 17.9 Å². The van der Waals surface area contributed by atoms with E-state index < -0.39 is 10.0 Å². The van der Waals surface area contributed by atoms with Crippen LogP contribution in [-0.4, -0.2) is 38.5 Å². The van der Waals surface area contributed by atoms with Crippen LogP contribution in [0.2, 0.25) is 5.02 Å². The number of morpholine rings is 1. The van der Waals surface area contributed by atoms with Crippen molar-refractivity contribution < 1.29 is 13.2 Å². The van der Waals surface area contributed by atoms with Gasteiger partial charge in [0.25, 0.3) is 0 Å². The van der Waals surface area contributed by atoms with Crippen LogP contribution in [0.5, 0.6) is 0 Å². The summed E-state index contributed by atoms with van der Waals surface area (Å²) in [5, 5.41) is 0.490. The monoisotopic (exact) mass is 353 g/mol. The van der Waals surface area contributed by atoms with Gasteiger partial charge in [0.1, 0.15) is 0 Å². The van der Waals surface area contributed by atoms with Crippen molar-refractivity contribution in [2.75, 3.05) is 19.7 Å². The summed E-state index contributed by atoms with van der Waals surface area (Å²) >= 11 is 9.10. The summed E-state index contributed by atoms with van der Waals surface area (Å²) in [4.78, 5) is 0.243. The molecular formula is C11H13BrClNO3S. The van der Waals surface area contributed by atoms with E-state index in [0.29, 0.717) is 29.2 Å². The Labute approximate surface area is 120 Å². The van der Waals surface area contributed by atoms with Gasteiger partial charge in [0, 0.05) is 17.6 Å². The van der Waals surface area contributed by atoms with Gasteiger partial charge >= 0.3 is 0 Å². The topological polar surface area (TPSA) is 46.6 Å². The maximum absolute atomic E-state index is 12.4. The van der Waals surface area contributed by atoms with Crippen molar-refractivity contribution in [2.24, 2.45) is 0 Å². The van der Waals surface area contributed by atoms with Crippen molar-refractivity contribution in [3.8, 4) is 0 Å². The molecule has 1 heterocycles. The molecule has 0 bridgehead atoms. The molecule has 0 aromatic heterocycles. The van der Waals surface area contributed by atoms with Gasteiger partial charge in [-0.3, -0.25) is 0 Å². The molecule has 1 aromatic carbocycles. The maximum atomic E-state index is 12.4. The zero-order chi connectivity index (χ0) is 13.3. The van der Waals surface area contributed by atoms with Crippen LogP contribution in [0.4, 0.5) is 0 Å². The van der Waals surface area contributed by atoms with E-state index in [9.17, 15) is 8.42 Å². The molecule has 0 amide bonds. The second-order valence-corrected chi connectivity index (χ2v) is 7.32. The second kappa shape index (κ2) is 5.46. The van der Waals surface area contributed by atoms with Gasteiger partial charge in [0.15, 0.2) is 0 Å². The molecule has 0 N–H and O–H groups in total. The average molecular weight is 355 g/mol. The van der Waals surface area contributed by atoms with Crippen molar-refractivity contribution in [3.63, 3.8) is 0 Å². The third-order valence-electron chi connectivity index (χ3n) is 2.73. The first kappa shape index (κ1) is 14.3. The molecule has 4 nitrogen and oxygen atoms in total. The highest BCUT2D eigenvalue weighted by Gasteiger charge is 2.29. The van der Waals surface area contributed by atoms with Gasteiger partial charge in [0.2, 0.25) is 10.0 Å². The van der Waals surface area contributed by atoms with E-state index in [-0.39, 0.29) is 11.0 Å². The Kier molecular flexibility index (Phi) is 4.33. The van der Waals surface area contributed by atoms with Crippen LogP contribution >= 0.6 is 27.5 Å². The SMILES string of the molecule is CC1CN(S(=O)(=O)c2ccc(Cl)c(Br)c2)CCO1. The molecule has 1 atom stereocenters. The van der Waals surface area contributed by atoms with E-state index in [1.54, 1.807) is 6.07 Å². The molecule has 1 aliphatic rings. The average Bonchev–Trinajstić information content (AvgIpc) is 2.32. The molecule has 0 radical (unpaired) electrons. The molecule has 0 saturated carbocycles. The van der Waals surface area contributed by atoms with E-state index in [1.165, 1.54) is 16.4 Å². The molecule has 1 unspecified atom stereocenters. The van der Waals surface area contributed by atoms with Crippen LogP contribution in [-0.2, 0) is 14.8 Å². The molecule has 1 saturated heterocycles. The van der Waals surface area contributed by atoms with Crippen LogP contribution < -0.4 is 0 Å². The Balaban J connectivity index is 2.32. The molecule has 7 heteroatoms. The number of ether oxygens (including phenoxy) is 1. The molecule has 1 aliphatic heterocycles. The molecule has 100 valence electrons. The Morgan fingerprint density at radius 3 is 2.83 bits per heavy atom. The van der Waals surface area contributed by atoms with Crippen LogP contribution in [0.25, 0.3) is 0 Å². The lowest BCUT2D eigenvalue weighted by atomic mass is 10.3. The van der Waals surface area contributed by atoms with Gasteiger partial charge in [-0.1, -0.05) is 11.6 Å². The van der Waals surface area contributed by atoms with Gasteiger partial charge in [0.05, 0.1) is 22.6 Å². The third kappa shape index (κ3) is 2.88. The number of rotatable bonds is 2. The molecule has 0 aliphatic carbocycles. The standard InChI is InChI=1S/C11H13BrClNO3S/c1-8-7-14(4-5-17-8)18(15,16)9-2-3-11(13)10(12)6-9/h2-3,6,8H,4-5,7H2,1H3. The van der Waals surface area contributed by atoms with E-state index in [0.717, 1.165) is 0 Å². The summed E-state index contributed by atoms with van der Waals surface area (Å²) < 4.78 is 32.2. The number of sulfonamides is 1. The minimum Gasteiger partial charge on any atom is -0.376 e. The zero-order valence-electron chi connectivity index (χ0n) is 9.77. The number of nitrogens with zero attached hydrogens (tertiary/aromatic N) is 1. The Hall–Kier alpha value is -0.140. The zero-order valence-corrected chi connectivity index (χ0v) is 12.9. The van der Waals surface area contributed by atoms with Crippen LogP contribution in [0.3, 0.4) is 0 Å². The highest BCUT2D eigenvalue weighted by molar-refractivity contribution is 9.10. The quantitative estimate of drug-likeness (QED) is 0.820. The molecule has 18 heavy (non-hydrogen) atoms. The van der Waals surface area contributed by atoms with E-state index in [2.05, 4.69) is 15.9 Å². The molecule has 2 rings (SSSR count). The second-order valence-electron chi connectivity index (χ2n) is 4.12. The third-order valence-corrected chi connectivity index (χ3v) is 5.81. The lowest BCUT2D eigenvalue weighted by Crippen LogP contribution is -2.44. The minimum atomic E-state index is -3.47. The van der Waals surface area contributed by atoms with Crippen LogP contribution in [0.15, 0.2) is 27.6 Å². The fraction of sp³-hybridized carbons (Fsp3) is 0.455. The van der Waals surface area contributed by atoms with Crippen molar-refractivity contribution >= 4 is 37.6 Å². The smallest absolute Gasteiger partial charge is 0.243 e. The van der Waals surface area contributed by atoms with Gasteiger partial charge in [-0.05, 0) is 41.1 Å². The van der Waals surface area contributed by atoms with E-state index >= 15 is 0 Å². The first-order valence-corrected chi connectivity index (χ1v) is 8.09. The Morgan fingerprint density at radius 1 is 1.50 bits per heavy atom. The molecule has 0 spiro atoms. The highest BCUT2D eigenvalue weighted by atomic mass is 79.9. The largest absolute Gasteiger partial charge is 0.376 e. The number of hydrogen-bond acceptors (Lipinski definition) is 3. The Morgan fingerprint density at radius 2 is 2.22 bits per heavy atom. The lowest BCUT2D eigenvalue weighted by Gasteiger charge is -2.30. The minimum absolute atomic E-state index is 0.0794. The predicted octanol–water partition coefficient (Wildman–Crippen LogP) is 2.51. The molecule has 1 aromatic rings. The molecule has 1 fully saturated rings. The summed E-state index contributed by atoms with van der Waals surface area (Å²) in [6, 6.07) is 4.61. The lowest BCUT2D eigenvalue weighted by molar-refractivity contribution is 0.0102. The Bertz CT molecular complexity index is 549. The number of halogens is 2. The van der Waals surface area contributed by atoms with Gasteiger partial charge in [-0.2, -0.15) is 4.31 Å². The fourth-order valence-corrected chi connectivity index (χ4v) is 3.97. The fourth-order valence-electron chi connectivity index (χ4n) is 1.79. The van der Waals surface area contributed by atoms with Crippen molar-refractivity contribution in [1.82, 2.24) is 4.31 Å². The summed E-state index contributed by atoms with van der Waals surface area (Å²) in [6.07, 6.45) is -0.0794. The van der Waals surface area contributed by atoms with Crippen molar-refractivity contribution in [1.29, 1.82) is 0 Å². The van der Waals surface area contributed by atoms with Gasteiger partial charge in [-0.15, -0.1) is 0 Å². The number of benzene rings is 1. The molecular weight excluding hydrogens is 342 g/mol. The number of hydrogen-bond donors (Lipinski definition) is 0. The van der Waals surface area contributed by atoms with Gasteiger partial charge in [-0.25, -0.2) is 8.42 Å². The van der Waals surface area contributed by atoms with E-state index in [4.69, 9.17) is 16.3 Å². The van der Waals surface area contributed by atoms with Crippen LogP contribution in [0.1, 0.15) is 6.92 Å². The summed E-state index contributed by atoms with van der Waals surface area (Å²) in [7, 11) is -3.47. The highest BCUT2D eigenvalue weighted by Crippen LogP contribution is 2.27. The summed E-state index contributed by atoms with van der Waals surface area (Å²) in [5.41, 5.74) is 0. The summed E-state index contributed by atoms with van der Waals surface area (Å²) in [6.45, 7) is 3.05. The van der Waals surface area contributed by atoms with Gasteiger partial charge < -0.3 is 4.74 Å². The predicted molar refractivity (Wildman–Crippen MR) is 73.3 cm³/mol. The van der Waals surface area contributed by atoms with Crippen molar-refractivity contribution in [3.05, 3.63) is 27.7 Å². The van der Waals surface area contributed by atoms with E-state index in [1.807, 2.05) is 6.92 Å². The normalized spacial score (nSPS) is 22.1. The first-order valence-electron chi connectivity index (χ1n) is 5.48. The van der Waals surface area contributed by atoms with Crippen LogP contribution in [0, 0.1) is 0 Å². The maximum Gasteiger partial charge on any atom is 0.243 e. The summed E-state index contributed by atoms with van der Waals surface area (Å²) in [5.74, 6) is 0.